The van der Waals surface area contributed by atoms with E-state index in [1.807, 2.05) is 38.1 Å². The fourth-order valence-corrected chi connectivity index (χ4v) is 1.54. The monoisotopic (exact) mass is 225 g/mol. The van der Waals surface area contributed by atoms with Gasteiger partial charge in [-0.2, -0.15) is 0 Å². The summed E-state index contributed by atoms with van der Waals surface area (Å²) in [6.07, 6.45) is 0. The third-order valence-corrected chi connectivity index (χ3v) is 2.57. The summed E-state index contributed by atoms with van der Waals surface area (Å²) in [6, 6.07) is 7.99. The summed E-state index contributed by atoms with van der Waals surface area (Å²) in [5, 5.41) is 2.38. The van der Waals surface area contributed by atoms with Crippen LogP contribution in [0, 0.1) is 6.92 Å². The summed E-state index contributed by atoms with van der Waals surface area (Å²) in [7, 11) is 0. The smallest absolute Gasteiger partial charge is 0.238 e. The van der Waals surface area contributed by atoms with Gasteiger partial charge in [-0.15, -0.1) is 11.6 Å². The molecule has 0 fully saturated rings. The van der Waals surface area contributed by atoms with E-state index in [2.05, 4.69) is 5.32 Å². The molecule has 0 saturated carbocycles. The maximum atomic E-state index is 11.4. The first-order valence-corrected chi connectivity index (χ1v) is 5.46. The third-order valence-electron chi connectivity index (χ3n) is 2.38. The lowest BCUT2D eigenvalue weighted by Crippen LogP contribution is -2.32. The lowest BCUT2D eigenvalue weighted by Gasteiger charge is -2.17. The molecule has 1 N–H and O–H groups in total. The largest absolute Gasteiger partial charge is 0.348 e. The molecule has 0 saturated heterocycles. The van der Waals surface area contributed by atoms with Gasteiger partial charge in [0, 0.05) is 0 Å². The number of rotatable bonds is 3. The van der Waals surface area contributed by atoms with Crippen molar-refractivity contribution in [2.24, 2.45) is 0 Å². The van der Waals surface area contributed by atoms with Gasteiger partial charge < -0.3 is 5.32 Å². The first-order valence-electron chi connectivity index (χ1n) is 5.02. The second kappa shape index (κ2) is 5.17. The van der Waals surface area contributed by atoms with E-state index in [1.165, 1.54) is 5.56 Å². The van der Waals surface area contributed by atoms with Crippen LogP contribution in [0.3, 0.4) is 0 Å². The van der Waals surface area contributed by atoms with E-state index < -0.39 is 5.38 Å². The Morgan fingerprint density at radius 1 is 1.33 bits per heavy atom. The van der Waals surface area contributed by atoms with Crippen LogP contribution in [0.2, 0.25) is 0 Å². The standard InChI is InChI=1S/C12H16ClNO/c1-8-6-4-5-7-11(8)10(3)14-12(15)9(2)13/h4-7,9-10H,1-3H3,(H,14,15)/t9-,10+/m1/s1. The molecule has 0 aliphatic rings. The number of benzene rings is 1. The molecule has 1 amide bonds. The Hall–Kier alpha value is -1.02. The summed E-state index contributed by atoms with van der Waals surface area (Å²) in [5.41, 5.74) is 2.30. The summed E-state index contributed by atoms with van der Waals surface area (Å²) in [6.45, 7) is 5.66. The van der Waals surface area contributed by atoms with Crippen LogP contribution in [0.25, 0.3) is 0 Å². The van der Waals surface area contributed by atoms with Gasteiger partial charge in [-0.3, -0.25) is 4.79 Å². The first-order chi connectivity index (χ1) is 7.02. The highest BCUT2D eigenvalue weighted by molar-refractivity contribution is 6.30. The second-order valence-corrected chi connectivity index (χ2v) is 4.36. The molecule has 3 heteroatoms. The van der Waals surface area contributed by atoms with E-state index in [-0.39, 0.29) is 11.9 Å². The van der Waals surface area contributed by atoms with Crippen molar-refractivity contribution >= 4 is 17.5 Å². The third kappa shape index (κ3) is 3.24. The number of carbonyl (C=O) groups is 1. The summed E-state index contributed by atoms with van der Waals surface area (Å²) in [5.74, 6) is -0.132. The van der Waals surface area contributed by atoms with Crippen LogP contribution >= 0.6 is 11.6 Å². The maximum Gasteiger partial charge on any atom is 0.238 e. The summed E-state index contributed by atoms with van der Waals surface area (Å²) >= 11 is 5.69. The second-order valence-electron chi connectivity index (χ2n) is 3.70. The van der Waals surface area contributed by atoms with Crippen molar-refractivity contribution in [1.29, 1.82) is 0 Å². The minimum absolute atomic E-state index is 0.0000926. The quantitative estimate of drug-likeness (QED) is 0.788. The summed E-state index contributed by atoms with van der Waals surface area (Å²) in [4.78, 5) is 11.4. The molecule has 0 aromatic heterocycles. The van der Waals surface area contributed by atoms with E-state index in [1.54, 1.807) is 6.92 Å². The highest BCUT2D eigenvalue weighted by Gasteiger charge is 2.14. The normalized spacial score (nSPS) is 14.4. The van der Waals surface area contributed by atoms with Crippen LogP contribution in [-0.2, 0) is 4.79 Å². The predicted molar refractivity (Wildman–Crippen MR) is 63.1 cm³/mol. The van der Waals surface area contributed by atoms with E-state index in [9.17, 15) is 4.79 Å². The van der Waals surface area contributed by atoms with Crippen molar-refractivity contribution in [3.05, 3.63) is 35.4 Å². The van der Waals surface area contributed by atoms with Crippen molar-refractivity contribution in [3.8, 4) is 0 Å². The number of amides is 1. The minimum atomic E-state index is -0.489. The van der Waals surface area contributed by atoms with Crippen molar-refractivity contribution in [1.82, 2.24) is 5.32 Å². The fraction of sp³-hybridized carbons (Fsp3) is 0.417. The number of nitrogens with one attached hydrogen (secondary N) is 1. The molecule has 0 heterocycles. The number of hydrogen-bond acceptors (Lipinski definition) is 1. The number of hydrogen-bond donors (Lipinski definition) is 1. The van der Waals surface area contributed by atoms with Crippen LogP contribution in [0.4, 0.5) is 0 Å². The average Bonchev–Trinajstić information content (AvgIpc) is 2.18. The van der Waals surface area contributed by atoms with E-state index in [0.29, 0.717) is 0 Å². The lowest BCUT2D eigenvalue weighted by molar-refractivity contribution is -0.121. The van der Waals surface area contributed by atoms with Gasteiger partial charge in [0.2, 0.25) is 5.91 Å². The minimum Gasteiger partial charge on any atom is -0.348 e. The number of carbonyl (C=O) groups excluding carboxylic acids is 1. The van der Waals surface area contributed by atoms with Crippen LogP contribution < -0.4 is 5.32 Å². The molecule has 0 bridgehead atoms. The van der Waals surface area contributed by atoms with Gasteiger partial charge >= 0.3 is 0 Å². The zero-order valence-electron chi connectivity index (χ0n) is 9.25. The predicted octanol–water partition coefficient (Wildman–Crippen LogP) is 2.80. The van der Waals surface area contributed by atoms with Crippen molar-refractivity contribution in [2.45, 2.75) is 32.2 Å². The lowest BCUT2D eigenvalue weighted by atomic mass is 10.0. The Morgan fingerprint density at radius 3 is 2.47 bits per heavy atom. The molecule has 2 atom stereocenters. The van der Waals surface area contributed by atoms with Gasteiger partial charge in [-0.05, 0) is 31.9 Å². The van der Waals surface area contributed by atoms with Crippen LogP contribution in [-0.4, -0.2) is 11.3 Å². The topological polar surface area (TPSA) is 29.1 Å². The average molecular weight is 226 g/mol. The Balaban J connectivity index is 2.73. The number of halogens is 1. The molecular weight excluding hydrogens is 210 g/mol. The molecule has 0 radical (unpaired) electrons. The van der Waals surface area contributed by atoms with E-state index in [4.69, 9.17) is 11.6 Å². The number of alkyl halides is 1. The van der Waals surface area contributed by atoms with Gasteiger partial charge in [-0.1, -0.05) is 24.3 Å². The molecule has 2 nitrogen and oxygen atoms in total. The van der Waals surface area contributed by atoms with Gasteiger partial charge in [0.05, 0.1) is 6.04 Å². The molecule has 82 valence electrons. The molecular formula is C12H16ClNO. The van der Waals surface area contributed by atoms with E-state index >= 15 is 0 Å². The Bertz CT molecular complexity index is 349. The molecule has 15 heavy (non-hydrogen) atoms. The summed E-state index contributed by atoms with van der Waals surface area (Å²) < 4.78 is 0. The molecule has 0 unspecified atom stereocenters. The highest BCUT2D eigenvalue weighted by Crippen LogP contribution is 2.16. The Morgan fingerprint density at radius 2 is 1.93 bits per heavy atom. The maximum absolute atomic E-state index is 11.4. The molecule has 1 aromatic carbocycles. The zero-order valence-corrected chi connectivity index (χ0v) is 10.0. The SMILES string of the molecule is Cc1ccccc1[C@H](C)NC(=O)[C@@H](C)Cl. The molecule has 1 rings (SSSR count). The van der Waals surface area contributed by atoms with Gasteiger partial charge in [0.15, 0.2) is 0 Å². The Labute approximate surface area is 95.6 Å². The van der Waals surface area contributed by atoms with Crippen molar-refractivity contribution < 1.29 is 4.79 Å². The van der Waals surface area contributed by atoms with Gasteiger partial charge in [0.1, 0.15) is 5.38 Å². The van der Waals surface area contributed by atoms with Gasteiger partial charge in [0.25, 0.3) is 0 Å². The van der Waals surface area contributed by atoms with Gasteiger partial charge in [-0.25, -0.2) is 0 Å². The van der Waals surface area contributed by atoms with Crippen LogP contribution in [0.5, 0.6) is 0 Å². The fourth-order valence-electron chi connectivity index (χ4n) is 1.48. The molecule has 0 aliphatic heterocycles. The Kier molecular flexibility index (Phi) is 4.15. The molecule has 0 aliphatic carbocycles. The molecule has 0 spiro atoms. The highest BCUT2D eigenvalue weighted by atomic mass is 35.5. The molecule has 1 aromatic rings. The van der Waals surface area contributed by atoms with Crippen molar-refractivity contribution in [2.75, 3.05) is 0 Å². The van der Waals surface area contributed by atoms with Crippen molar-refractivity contribution in [3.63, 3.8) is 0 Å². The van der Waals surface area contributed by atoms with E-state index in [0.717, 1.165) is 5.56 Å². The number of aryl methyl sites for hydroxylation is 1. The first kappa shape index (κ1) is 12.1. The van der Waals surface area contributed by atoms with Crippen LogP contribution in [0.15, 0.2) is 24.3 Å². The zero-order chi connectivity index (χ0) is 11.4. The van der Waals surface area contributed by atoms with Crippen LogP contribution in [0.1, 0.15) is 31.0 Å².